The molecule has 7 heteroatoms. The Balaban J connectivity index is 0.00000625. The molecule has 0 amide bonds. The van der Waals surface area contributed by atoms with Crippen molar-refractivity contribution < 1.29 is 13.9 Å². The molecule has 0 bridgehead atoms. The minimum atomic E-state index is -0.566. The van der Waals surface area contributed by atoms with Crippen LogP contribution in [0.1, 0.15) is 45.6 Å². The quantitative estimate of drug-likeness (QED) is 0.269. The fourth-order valence-corrected chi connectivity index (χ4v) is 2.77. The maximum absolute atomic E-state index is 13.7. The summed E-state index contributed by atoms with van der Waals surface area (Å²) >= 11 is 0. The molecule has 0 aliphatic rings. The van der Waals surface area contributed by atoms with Gasteiger partial charge in [-0.3, -0.25) is 4.99 Å². The molecule has 4 nitrogen and oxygen atoms in total. The van der Waals surface area contributed by atoms with Crippen LogP contribution in [0.2, 0.25) is 0 Å². The van der Waals surface area contributed by atoms with E-state index in [1.807, 2.05) is 6.92 Å². The summed E-state index contributed by atoms with van der Waals surface area (Å²) in [6, 6.07) is 3.64. The molecule has 0 fully saturated rings. The number of hydrogen-bond donors (Lipinski definition) is 3. The van der Waals surface area contributed by atoms with E-state index in [9.17, 15) is 13.9 Å². The molecule has 0 atom stereocenters. The highest BCUT2D eigenvalue weighted by Crippen LogP contribution is 2.30. The van der Waals surface area contributed by atoms with Crippen LogP contribution in [0.4, 0.5) is 8.78 Å². The minimum absolute atomic E-state index is 0. The predicted octanol–water partition coefficient (Wildman–Crippen LogP) is 3.87. The smallest absolute Gasteiger partial charge is 0.191 e. The van der Waals surface area contributed by atoms with E-state index in [0.29, 0.717) is 31.0 Å². The van der Waals surface area contributed by atoms with Gasteiger partial charge in [0.05, 0.1) is 0 Å². The van der Waals surface area contributed by atoms with Crippen LogP contribution in [0.25, 0.3) is 0 Å². The minimum Gasteiger partial charge on any atom is -0.396 e. The van der Waals surface area contributed by atoms with Crippen molar-refractivity contribution in [2.75, 3.05) is 26.2 Å². The van der Waals surface area contributed by atoms with E-state index in [-0.39, 0.29) is 36.0 Å². The first kappa shape index (κ1) is 25.0. The highest BCUT2D eigenvalue weighted by molar-refractivity contribution is 14.0. The number of halogens is 3. The summed E-state index contributed by atoms with van der Waals surface area (Å²) in [6.07, 6.45) is 3.07. The summed E-state index contributed by atoms with van der Waals surface area (Å²) in [5.74, 6) is -0.416. The van der Waals surface area contributed by atoms with Crippen molar-refractivity contribution >= 4 is 29.9 Å². The molecule has 0 unspecified atom stereocenters. The highest BCUT2D eigenvalue weighted by atomic mass is 127. The van der Waals surface area contributed by atoms with Gasteiger partial charge in [0.25, 0.3) is 0 Å². The lowest BCUT2D eigenvalue weighted by molar-refractivity contribution is 0.175. The molecule has 0 saturated heterocycles. The first-order valence-corrected chi connectivity index (χ1v) is 9.07. The Morgan fingerprint density at radius 3 is 2.38 bits per heavy atom. The van der Waals surface area contributed by atoms with E-state index in [1.54, 1.807) is 0 Å². The predicted molar refractivity (Wildman–Crippen MR) is 114 cm³/mol. The van der Waals surface area contributed by atoms with Crippen molar-refractivity contribution in [3.05, 3.63) is 35.4 Å². The summed E-state index contributed by atoms with van der Waals surface area (Å²) in [5, 5.41) is 15.7. The maximum Gasteiger partial charge on any atom is 0.191 e. The molecule has 0 aliphatic heterocycles. The van der Waals surface area contributed by atoms with E-state index in [2.05, 4.69) is 29.5 Å². The largest absolute Gasteiger partial charge is 0.396 e. The van der Waals surface area contributed by atoms with Crippen molar-refractivity contribution in [3.8, 4) is 0 Å². The van der Waals surface area contributed by atoms with Gasteiger partial charge in [0.2, 0.25) is 0 Å². The lowest BCUT2D eigenvalue weighted by atomic mass is 9.79. The third kappa shape index (κ3) is 8.16. The molecule has 0 aromatic heterocycles. The third-order valence-corrected chi connectivity index (χ3v) is 4.76. The molecule has 26 heavy (non-hydrogen) atoms. The molecule has 0 heterocycles. The van der Waals surface area contributed by atoms with E-state index in [4.69, 9.17) is 0 Å². The van der Waals surface area contributed by atoms with E-state index >= 15 is 0 Å². The zero-order valence-electron chi connectivity index (χ0n) is 15.9. The number of hydrogen-bond acceptors (Lipinski definition) is 2. The highest BCUT2D eigenvalue weighted by Gasteiger charge is 2.25. The fraction of sp³-hybridized carbons (Fsp3) is 0.632. The van der Waals surface area contributed by atoms with Crippen molar-refractivity contribution in [2.24, 2.45) is 10.4 Å². The van der Waals surface area contributed by atoms with Gasteiger partial charge >= 0.3 is 0 Å². The van der Waals surface area contributed by atoms with Gasteiger partial charge in [0.1, 0.15) is 11.6 Å². The molecule has 1 aromatic rings. The van der Waals surface area contributed by atoms with Gasteiger partial charge < -0.3 is 15.7 Å². The molecular formula is C19H32F2IN3O. The Morgan fingerprint density at radius 1 is 1.15 bits per heavy atom. The summed E-state index contributed by atoms with van der Waals surface area (Å²) in [4.78, 5) is 4.64. The van der Waals surface area contributed by atoms with Crippen LogP contribution in [-0.4, -0.2) is 37.3 Å². The molecule has 0 saturated carbocycles. The zero-order valence-corrected chi connectivity index (χ0v) is 18.3. The van der Waals surface area contributed by atoms with Crippen molar-refractivity contribution in [1.29, 1.82) is 0 Å². The number of nitrogens with one attached hydrogen (secondary N) is 2. The second-order valence-corrected chi connectivity index (χ2v) is 6.29. The average molecular weight is 483 g/mol. The standard InChI is InChI=1S/C19H31F2N3O.HI/c1-4-19(5-2,10-12-25)14-24-18(22-6-3)23-11-9-15-7-8-16(20)13-17(15)21;/h7-8,13,25H,4-6,9-12,14H2,1-3H3,(H2,22,23,24);1H. The second-order valence-electron chi connectivity index (χ2n) is 6.29. The van der Waals surface area contributed by atoms with Gasteiger partial charge in [-0.25, -0.2) is 8.78 Å². The van der Waals surface area contributed by atoms with Crippen LogP contribution in [0.3, 0.4) is 0 Å². The fourth-order valence-electron chi connectivity index (χ4n) is 2.77. The van der Waals surface area contributed by atoms with Gasteiger partial charge in [-0.05, 0) is 49.7 Å². The Kier molecular flexibility index (Phi) is 12.8. The number of aliphatic hydroxyl groups excluding tert-OH is 1. The number of aliphatic imine (C=N–C) groups is 1. The van der Waals surface area contributed by atoms with Gasteiger partial charge in [0, 0.05) is 32.3 Å². The van der Waals surface area contributed by atoms with Gasteiger partial charge in [0.15, 0.2) is 5.96 Å². The topological polar surface area (TPSA) is 56.7 Å². The maximum atomic E-state index is 13.7. The monoisotopic (exact) mass is 483 g/mol. The number of benzene rings is 1. The van der Waals surface area contributed by atoms with Crippen LogP contribution in [0.15, 0.2) is 23.2 Å². The van der Waals surface area contributed by atoms with E-state index in [1.165, 1.54) is 12.1 Å². The average Bonchev–Trinajstić information content (AvgIpc) is 2.60. The van der Waals surface area contributed by atoms with Crippen LogP contribution >= 0.6 is 24.0 Å². The molecular weight excluding hydrogens is 451 g/mol. The molecule has 150 valence electrons. The second kappa shape index (κ2) is 13.2. The number of aliphatic hydroxyl groups is 1. The Hall–Kier alpha value is -0.960. The third-order valence-electron chi connectivity index (χ3n) is 4.76. The number of guanidine groups is 1. The van der Waals surface area contributed by atoms with E-state index < -0.39 is 11.6 Å². The Labute approximate surface area is 172 Å². The summed E-state index contributed by atoms with van der Waals surface area (Å²) in [6.45, 7) is 8.23. The summed E-state index contributed by atoms with van der Waals surface area (Å²) in [7, 11) is 0. The molecule has 0 aliphatic carbocycles. The molecule has 0 radical (unpaired) electrons. The first-order chi connectivity index (χ1) is 12.0. The SMILES string of the molecule is CCNC(=NCC(CC)(CC)CCO)NCCc1ccc(F)cc1F.I. The Bertz CT molecular complexity index is 552. The molecule has 1 aromatic carbocycles. The Morgan fingerprint density at radius 2 is 1.85 bits per heavy atom. The normalized spacial score (nSPS) is 11.8. The van der Waals surface area contributed by atoms with Gasteiger partial charge in [-0.15, -0.1) is 24.0 Å². The number of rotatable bonds is 10. The van der Waals surface area contributed by atoms with Crippen LogP contribution in [0, 0.1) is 17.0 Å². The van der Waals surface area contributed by atoms with Crippen LogP contribution < -0.4 is 10.6 Å². The van der Waals surface area contributed by atoms with Crippen LogP contribution in [0.5, 0.6) is 0 Å². The van der Waals surface area contributed by atoms with E-state index in [0.717, 1.165) is 31.9 Å². The zero-order chi connectivity index (χ0) is 18.7. The van der Waals surface area contributed by atoms with Gasteiger partial charge in [-0.1, -0.05) is 19.9 Å². The molecule has 0 spiro atoms. The van der Waals surface area contributed by atoms with Gasteiger partial charge in [-0.2, -0.15) is 0 Å². The summed E-state index contributed by atoms with van der Waals surface area (Å²) in [5.41, 5.74) is 0.474. The van der Waals surface area contributed by atoms with Crippen molar-refractivity contribution in [1.82, 2.24) is 10.6 Å². The van der Waals surface area contributed by atoms with Crippen molar-refractivity contribution in [3.63, 3.8) is 0 Å². The lowest BCUT2D eigenvalue weighted by Gasteiger charge is -2.29. The number of nitrogens with zero attached hydrogens (tertiary/aromatic N) is 1. The first-order valence-electron chi connectivity index (χ1n) is 9.07. The molecule has 1 rings (SSSR count). The summed E-state index contributed by atoms with van der Waals surface area (Å²) < 4.78 is 26.6. The van der Waals surface area contributed by atoms with Crippen LogP contribution in [-0.2, 0) is 6.42 Å². The van der Waals surface area contributed by atoms with Crippen molar-refractivity contribution in [2.45, 2.75) is 46.5 Å². The lowest BCUT2D eigenvalue weighted by Crippen LogP contribution is -2.39. The molecule has 3 N–H and O–H groups in total.